The van der Waals surface area contributed by atoms with E-state index in [1.54, 1.807) is 12.1 Å². The van der Waals surface area contributed by atoms with Gasteiger partial charge < -0.3 is 10.1 Å². The molecule has 0 aliphatic rings. The average molecular weight is 327 g/mol. The molecule has 2 aromatic carbocycles. The summed E-state index contributed by atoms with van der Waals surface area (Å²) in [5.74, 6) is -1.18. The van der Waals surface area contributed by atoms with Gasteiger partial charge in [0.1, 0.15) is 11.6 Å². The van der Waals surface area contributed by atoms with Crippen LogP contribution in [0, 0.1) is 5.82 Å². The van der Waals surface area contributed by atoms with Gasteiger partial charge in [-0.25, -0.2) is 4.39 Å². The van der Waals surface area contributed by atoms with Gasteiger partial charge in [-0.2, -0.15) is 0 Å². The minimum atomic E-state index is -4.77. The number of hydrogen-bond donors (Lipinski definition) is 1. The van der Waals surface area contributed by atoms with Crippen LogP contribution in [0.2, 0.25) is 0 Å². The van der Waals surface area contributed by atoms with E-state index in [0.717, 1.165) is 17.7 Å². The summed E-state index contributed by atoms with van der Waals surface area (Å²) in [6.07, 6.45) is -4.33. The molecule has 0 bridgehead atoms. The zero-order chi connectivity index (χ0) is 16.9. The summed E-state index contributed by atoms with van der Waals surface area (Å²) in [7, 11) is 0. The van der Waals surface area contributed by atoms with Crippen LogP contribution in [0.3, 0.4) is 0 Å². The largest absolute Gasteiger partial charge is 0.573 e. The second-order valence-corrected chi connectivity index (χ2v) is 4.71. The maximum atomic E-state index is 13.0. The van der Waals surface area contributed by atoms with Crippen LogP contribution in [0.1, 0.15) is 15.9 Å². The molecule has 0 aromatic heterocycles. The van der Waals surface area contributed by atoms with E-state index in [4.69, 9.17) is 0 Å². The molecule has 0 saturated heterocycles. The van der Waals surface area contributed by atoms with Crippen molar-refractivity contribution in [3.63, 3.8) is 0 Å². The molecule has 23 heavy (non-hydrogen) atoms. The second-order valence-electron chi connectivity index (χ2n) is 4.71. The van der Waals surface area contributed by atoms with Crippen molar-refractivity contribution < 1.29 is 27.1 Å². The van der Waals surface area contributed by atoms with Gasteiger partial charge in [-0.15, -0.1) is 13.2 Å². The molecule has 3 nitrogen and oxygen atoms in total. The lowest BCUT2D eigenvalue weighted by Crippen LogP contribution is -2.25. The molecule has 0 heterocycles. The van der Waals surface area contributed by atoms with Crippen molar-refractivity contribution in [2.24, 2.45) is 0 Å². The fraction of sp³-hybridized carbons (Fsp3) is 0.188. The predicted octanol–water partition coefficient (Wildman–Crippen LogP) is 3.70. The van der Waals surface area contributed by atoms with Crippen LogP contribution >= 0.6 is 0 Å². The number of benzene rings is 2. The fourth-order valence-corrected chi connectivity index (χ4v) is 1.92. The molecule has 0 saturated carbocycles. The van der Waals surface area contributed by atoms with Crippen LogP contribution < -0.4 is 10.1 Å². The monoisotopic (exact) mass is 327 g/mol. The van der Waals surface area contributed by atoms with Crippen molar-refractivity contribution in [3.05, 3.63) is 65.5 Å². The number of halogens is 4. The third kappa shape index (κ3) is 5.61. The molecule has 0 atom stereocenters. The Morgan fingerprint density at radius 1 is 1.09 bits per heavy atom. The Kier molecular flexibility index (Phi) is 5.20. The second kappa shape index (κ2) is 7.13. The lowest BCUT2D eigenvalue weighted by Gasteiger charge is -2.09. The maximum Gasteiger partial charge on any atom is 0.573 e. The van der Waals surface area contributed by atoms with Gasteiger partial charge in [0.25, 0.3) is 5.91 Å². The fourth-order valence-electron chi connectivity index (χ4n) is 1.92. The number of carbonyl (C=O) groups is 1. The Balaban J connectivity index is 1.86. The molecule has 1 amide bonds. The Morgan fingerprint density at radius 2 is 1.78 bits per heavy atom. The van der Waals surface area contributed by atoms with Crippen molar-refractivity contribution in [1.29, 1.82) is 0 Å². The summed E-state index contributed by atoms with van der Waals surface area (Å²) < 4.78 is 52.8. The first-order valence-corrected chi connectivity index (χ1v) is 6.72. The maximum absolute atomic E-state index is 13.0. The number of amides is 1. The first-order valence-electron chi connectivity index (χ1n) is 6.72. The highest BCUT2D eigenvalue weighted by molar-refractivity contribution is 5.94. The smallest absolute Gasteiger partial charge is 0.406 e. The molecule has 0 aliphatic heterocycles. The minimum Gasteiger partial charge on any atom is -0.406 e. The summed E-state index contributed by atoms with van der Waals surface area (Å²) in [4.78, 5) is 11.9. The molecule has 0 radical (unpaired) electrons. The van der Waals surface area contributed by atoms with E-state index in [1.807, 2.05) is 0 Å². The topological polar surface area (TPSA) is 38.3 Å². The lowest BCUT2D eigenvalue weighted by atomic mass is 10.1. The molecular formula is C16H13F4NO2. The molecule has 0 aliphatic carbocycles. The summed E-state index contributed by atoms with van der Waals surface area (Å²) in [5, 5.41) is 2.61. The lowest BCUT2D eigenvalue weighted by molar-refractivity contribution is -0.274. The molecule has 0 fully saturated rings. The highest BCUT2D eigenvalue weighted by Crippen LogP contribution is 2.22. The molecule has 2 aromatic rings. The van der Waals surface area contributed by atoms with Crippen molar-refractivity contribution in [1.82, 2.24) is 5.32 Å². The molecule has 0 unspecified atom stereocenters. The van der Waals surface area contributed by atoms with Gasteiger partial charge in [0.15, 0.2) is 0 Å². The Hall–Kier alpha value is -2.57. The Labute approximate surface area is 129 Å². The molecular weight excluding hydrogens is 314 g/mol. The SMILES string of the molecule is O=C(NCCc1cccc(F)c1)c1ccc(OC(F)(F)F)cc1. The minimum absolute atomic E-state index is 0.207. The zero-order valence-corrected chi connectivity index (χ0v) is 11.9. The molecule has 122 valence electrons. The highest BCUT2D eigenvalue weighted by Gasteiger charge is 2.31. The number of ether oxygens (including phenoxy) is 1. The standard InChI is InChI=1S/C16H13F4NO2/c17-13-3-1-2-11(10-13)8-9-21-15(22)12-4-6-14(7-5-12)23-16(18,19)20/h1-7,10H,8-9H2,(H,21,22). The van der Waals surface area contributed by atoms with Crippen molar-refractivity contribution in [2.45, 2.75) is 12.8 Å². The van der Waals surface area contributed by atoms with Gasteiger partial charge in [-0.1, -0.05) is 12.1 Å². The third-order valence-electron chi connectivity index (χ3n) is 2.94. The normalized spacial score (nSPS) is 11.1. The first kappa shape index (κ1) is 16.8. The van der Waals surface area contributed by atoms with Crippen LogP contribution in [0.25, 0.3) is 0 Å². The predicted molar refractivity (Wildman–Crippen MR) is 75.6 cm³/mol. The van der Waals surface area contributed by atoms with Gasteiger partial charge in [0, 0.05) is 12.1 Å². The number of hydrogen-bond acceptors (Lipinski definition) is 2. The van der Waals surface area contributed by atoms with Gasteiger partial charge >= 0.3 is 6.36 Å². The van der Waals surface area contributed by atoms with E-state index in [0.29, 0.717) is 6.42 Å². The van der Waals surface area contributed by atoms with Gasteiger partial charge in [-0.3, -0.25) is 4.79 Å². The summed E-state index contributed by atoms with van der Waals surface area (Å²) in [5.41, 5.74) is 0.943. The summed E-state index contributed by atoms with van der Waals surface area (Å²) >= 11 is 0. The number of rotatable bonds is 5. The van der Waals surface area contributed by atoms with E-state index in [1.165, 1.54) is 24.3 Å². The van der Waals surface area contributed by atoms with Crippen LogP contribution in [-0.4, -0.2) is 18.8 Å². The number of alkyl halides is 3. The van der Waals surface area contributed by atoms with Gasteiger partial charge in [-0.05, 0) is 48.4 Å². The number of nitrogens with one attached hydrogen (secondary N) is 1. The van der Waals surface area contributed by atoms with E-state index < -0.39 is 18.0 Å². The van der Waals surface area contributed by atoms with Crippen molar-refractivity contribution >= 4 is 5.91 Å². The molecule has 1 N–H and O–H groups in total. The van der Waals surface area contributed by atoms with E-state index >= 15 is 0 Å². The van der Waals surface area contributed by atoms with Crippen molar-refractivity contribution in [3.8, 4) is 5.75 Å². The zero-order valence-electron chi connectivity index (χ0n) is 11.9. The first-order chi connectivity index (χ1) is 10.8. The quantitative estimate of drug-likeness (QED) is 0.851. The van der Waals surface area contributed by atoms with Gasteiger partial charge in [0.05, 0.1) is 0 Å². The Bertz CT molecular complexity index is 669. The van der Waals surface area contributed by atoms with Crippen molar-refractivity contribution in [2.75, 3.05) is 6.54 Å². The summed E-state index contributed by atoms with van der Waals surface area (Å²) in [6, 6.07) is 10.6. The van der Waals surface area contributed by atoms with Crippen LogP contribution in [0.5, 0.6) is 5.75 Å². The molecule has 2 rings (SSSR count). The van der Waals surface area contributed by atoms with E-state index in [2.05, 4.69) is 10.1 Å². The van der Waals surface area contributed by atoms with Crippen LogP contribution in [-0.2, 0) is 6.42 Å². The summed E-state index contributed by atoms with van der Waals surface area (Å²) in [6.45, 7) is 0.281. The van der Waals surface area contributed by atoms with Gasteiger partial charge in [0.2, 0.25) is 0 Å². The highest BCUT2D eigenvalue weighted by atomic mass is 19.4. The molecule has 0 spiro atoms. The van der Waals surface area contributed by atoms with E-state index in [9.17, 15) is 22.4 Å². The Morgan fingerprint density at radius 3 is 2.39 bits per heavy atom. The third-order valence-corrected chi connectivity index (χ3v) is 2.94. The average Bonchev–Trinajstić information content (AvgIpc) is 2.46. The van der Waals surface area contributed by atoms with E-state index in [-0.39, 0.29) is 17.9 Å². The molecule has 7 heteroatoms. The van der Waals surface area contributed by atoms with Crippen LogP contribution in [0.4, 0.5) is 17.6 Å². The number of carbonyl (C=O) groups excluding carboxylic acids is 1. The van der Waals surface area contributed by atoms with Crippen LogP contribution in [0.15, 0.2) is 48.5 Å².